The van der Waals surface area contributed by atoms with Crippen molar-refractivity contribution in [2.45, 2.75) is 39.2 Å². The van der Waals surface area contributed by atoms with E-state index < -0.39 is 0 Å². The lowest BCUT2D eigenvalue weighted by molar-refractivity contribution is 0.256. The third-order valence-electron chi connectivity index (χ3n) is 2.56. The van der Waals surface area contributed by atoms with Crippen LogP contribution in [-0.4, -0.2) is 6.10 Å². The predicted molar refractivity (Wildman–Crippen MR) is 68.6 cm³/mol. The summed E-state index contributed by atoms with van der Waals surface area (Å²) in [6.07, 6.45) is -0.152. The third-order valence-corrected chi connectivity index (χ3v) is 2.56. The van der Waals surface area contributed by atoms with Crippen molar-refractivity contribution >= 4 is 0 Å². The molecule has 0 fully saturated rings. The molecule has 0 heterocycles. The van der Waals surface area contributed by atoms with Crippen molar-refractivity contribution in [3.63, 3.8) is 0 Å². The van der Waals surface area contributed by atoms with E-state index in [0.29, 0.717) is 5.70 Å². The highest BCUT2D eigenvalue weighted by Crippen LogP contribution is 2.24. The number of nitrogens with two attached hydrogens (primary N) is 1. The van der Waals surface area contributed by atoms with Crippen LogP contribution in [0.25, 0.3) is 0 Å². The maximum atomic E-state index is 5.62. The zero-order valence-electron chi connectivity index (χ0n) is 10.6. The Morgan fingerprint density at radius 3 is 2.12 bits per heavy atom. The zero-order valence-corrected chi connectivity index (χ0v) is 10.6. The van der Waals surface area contributed by atoms with E-state index in [1.165, 1.54) is 5.56 Å². The number of hydrogen-bond acceptors (Lipinski definition) is 2. The van der Waals surface area contributed by atoms with Gasteiger partial charge >= 0.3 is 0 Å². The summed E-state index contributed by atoms with van der Waals surface area (Å²) in [4.78, 5) is 0. The van der Waals surface area contributed by atoms with E-state index in [0.717, 1.165) is 5.75 Å². The minimum Gasteiger partial charge on any atom is -0.485 e. The van der Waals surface area contributed by atoms with Gasteiger partial charge in [-0.2, -0.15) is 0 Å². The van der Waals surface area contributed by atoms with Crippen molar-refractivity contribution in [3.05, 3.63) is 42.1 Å². The lowest BCUT2D eigenvalue weighted by atomic mass is 9.87. The minimum atomic E-state index is -0.152. The van der Waals surface area contributed by atoms with Gasteiger partial charge in [0, 0.05) is 5.70 Å². The number of hydrogen-bond donors (Lipinski definition) is 1. The highest BCUT2D eigenvalue weighted by atomic mass is 16.5. The van der Waals surface area contributed by atoms with E-state index in [9.17, 15) is 0 Å². The van der Waals surface area contributed by atoms with Crippen molar-refractivity contribution in [2.24, 2.45) is 5.73 Å². The summed E-state index contributed by atoms with van der Waals surface area (Å²) in [5.74, 6) is 0.826. The fourth-order valence-electron chi connectivity index (χ4n) is 1.31. The average Bonchev–Trinajstić information content (AvgIpc) is 2.17. The van der Waals surface area contributed by atoms with Crippen molar-refractivity contribution in [1.29, 1.82) is 0 Å². The number of ether oxygens (including phenoxy) is 1. The maximum Gasteiger partial charge on any atom is 0.134 e. The molecule has 0 aliphatic rings. The molecule has 0 aromatic heterocycles. The lowest BCUT2D eigenvalue weighted by Gasteiger charge is -2.20. The first-order valence-corrected chi connectivity index (χ1v) is 5.52. The first kappa shape index (κ1) is 12.6. The average molecular weight is 219 g/mol. The van der Waals surface area contributed by atoms with E-state index in [4.69, 9.17) is 10.5 Å². The van der Waals surface area contributed by atoms with Crippen LogP contribution in [-0.2, 0) is 5.41 Å². The third kappa shape index (κ3) is 3.30. The van der Waals surface area contributed by atoms with Crippen LogP contribution in [0.2, 0.25) is 0 Å². The Bertz CT molecular complexity index is 359. The summed E-state index contributed by atoms with van der Waals surface area (Å²) in [5.41, 5.74) is 7.56. The van der Waals surface area contributed by atoms with Crippen molar-refractivity contribution in [3.8, 4) is 5.75 Å². The Morgan fingerprint density at radius 1 is 1.25 bits per heavy atom. The predicted octanol–water partition coefficient (Wildman–Crippen LogP) is 3.22. The molecule has 2 nitrogen and oxygen atoms in total. The molecule has 0 bridgehead atoms. The molecule has 1 aromatic rings. The minimum absolute atomic E-state index is 0.152. The molecule has 88 valence electrons. The highest BCUT2D eigenvalue weighted by Gasteiger charge is 2.13. The quantitative estimate of drug-likeness (QED) is 0.847. The van der Waals surface area contributed by atoms with Gasteiger partial charge in [0.05, 0.1) is 0 Å². The SMILES string of the molecule is C=C(N)C(C)Oc1ccc(C(C)(C)C)cc1. The van der Waals surface area contributed by atoms with Crippen LogP contribution in [0.4, 0.5) is 0 Å². The molecule has 2 heteroatoms. The van der Waals surface area contributed by atoms with Crippen LogP contribution >= 0.6 is 0 Å². The highest BCUT2D eigenvalue weighted by molar-refractivity contribution is 5.31. The Hall–Kier alpha value is -1.44. The van der Waals surface area contributed by atoms with Gasteiger partial charge in [-0.3, -0.25) is 0 Å². The van der Waals surface area contributed by atoms with Gasteiger partial charge in [0.25, 0.3) is 0 Å². The van der Waals surface area contributed by atoms with Crippen molar-refractivity contribution in [1.82, 2.24) is 0 Å². The first-order valence-electron chi connectivity index (χ1n) is 5.52. The Balaban J connectivity index is 2.76. The molecule has 0 saturated heterocycles. The van der Waals surface area contributed by atoms with E-state index in [-0.39, 0.29) is 11.5 Å². The van der Waals surface area contributed by atoms with E-state index in [1.807, 2.05) is 19.1 Å². The molecule has 0 amide bonds. The van der Waals surface area contributed by atoms with Crippen LogP contribution in [0.15, 0.2) is 36.5 Å². The summed E-state index contributed by atoms with van der Waals surface area (Å²) in [5, 5.41) is 0. The first-order chi connectivity index (χ1) is 7.30. The molecule has 16 heavy (non-hydrogen) atoms. The molecule has 0 aliphatic heterocycles. The van der Waals surface area contributed by atoms with E-state index in [2.05, 4.69) is 39.5 Å². The molecular formula is C14H21NO. The summed E-state index contributed by atoms with van der Waals surface area (Å²) in [7, 11) is 0. The zero-order chi connectivity index (χ0) is 12.3. The molecule has 0 saturated carbocycles. The van der Waals surface area contributed by atoms with Crippen LogP contribution in [0.3, 0.4) is 0 Å². The van der Waals surface area contributed by atoms with E-state index >= 15 is 0 Å². The lowest BCUT2D eigenvalue weighted by Crippen LogP contribution is -2.19. The molecule has 2 N–H and O–H groups in total. The molecule has 1 rings (SSSR count). The molecular weight excluding hydrogens is 198 g/mol. The van der Waals surface area contributed by atoms with Gasteiger partial charge in [-0.05, 0) is 30.0 Å². The normalized spacial score (nSPS) is 13.2. The number of rotatable bonds is 3. The van der Waals surface area contributed by atoms with Gasteiger partial charge in [0.1, 0.15) is 11.9 Å². The van der Waals surface area contributed by atoms with Gasteiger partial charge in [-0.15, -0.1) is 0 Å². The summed E-state index contributed by atoms with van der Waals surface area (Å²) < 4.78 is 5.62. The fourth-order valence-corrected chi connectivity index (χ4v) is 1.31. The Labute approximate surface area is 98.1 Å². The molecule has 0 radical (unpaired) electrons. The monoisotopic (exact) mass is 219 g/mol. The number of benzene rings is 1. The van der Waals surface area contributed by atoms with Gasteiger partial charge in [-0.25, -0.2) is 0 Å². The van der Waals surface area contributed by atoms with Crippen molar-refractivity contribution in [2.75, 3.05) is 0 Å². The second-order valence-electron chi connectivity index (χ2n) is 5.11. The maximum absolute atomic E-state index is 5.62. The molecule has 1 aromatic carbocycles. The van der Waals surface area contributed by atoms with Crippen LogP contribution in [0.1, 0.15) is 33.3 Å². The van der Waals surface area contributed by atoms with Gasteiger partial charge in [0.2, 0.25) is 0 Å². The summed E-state index contributed by atoms with van der Waals surface area (Å²) in [6.45, 7) is 12.1. The summed E-state index contributed by atoms with van der Waals surface area (Å²) >= 11 is 0. The standard InChI is InChI=1S/C14H21NO/c1-10(15)11(2)16-13-8-6-12(7-9-13)14(3,4)5/h6-9,11H,1,15H2,2-5H3. The smallest absolute Gasteiger partial charge is 0.134 e. The Kier molecular flexibility index (Phi) is 3.63. The topological polar surface area (TPSA) is 35.2 Å². The summed E-state index contributed by atoms with van der Waals surface area (Å²) in [6, 6.07) is 8.11. The molecule has 0 spiro atoms. The Morgan fingerprint density at radius 2 is 1.75 bits per heavy atom. The molecule has 1 unspecified atom stereocenters. The molecule has 0 aliphatic carbocycles. The van der Waals surface area contributed by atoms with Crippen LogP contribution in [0.5, 0.6) is 5.75 Å². The van der Waals surface area contributed by atoms with E-state index in [1.54, 1.807) is 0 Å². The molecule has 1 atom stereocenters. The van der Waals surface area contributed by atoms with Gasteiger partial charge in [-0.1, -0.05) is 39.5 Å². The fraction of sp³-hybridized carbons (Fsp3) is 0.429. The second kappa shape index (κ2) is 4.60. The van der Waals surface area contributed by atoms with Crippen LogP contribution < -0.4 is 10.5 Å². The van der Waals surface area contributed by atoms with Gasteiger partial charge < -0.3 is 10.5 Å². The van der Waals surface area contributed by atoms with Crippen LogP contribution in [0, 0.1) is 0 Å². The second-order valence-corrected chi connectivity index (χ2v) is 5.11. The largest absolute Gasteiger partial charge is 0.485 e. The van der Waals surface area contributed by atoms with Crippen molar-refractivity contribution < 1.29 is 4.74 Å². The van der Waals surface area contributed by atoms with Gasteiger partial charge in [0.15, 0.2) is 0 Å².